The Labute approximate surface area is 131 Å². The van der Waals surface area contributed by atoms with Crippen molar-refractivity contribution < 1.29 is 8.78 Å². The third kappa shape index (κ3) is 3.16. The predicted octanol–water partition coefficient (Wildman–Crippen LogP) is 3.72. The normalized spacial score (nSPS) is 12.7. The number of hydrogen-bond acceptors (Lipinski definition) is 2. The molecule has 0 bridgehead atoms. The van der Waals surface area contributed by atoms with Gasteiger partial charge in [0.15, 0.2) is 0 Å². The highest BCUT2D eigenvalue weighted by atomic mass is 79.9. The van der Waals surface area contributed by atoms with E-state index < -0.39 is 17.7 Å². The van der Waals surface area contributed by atoms with Gasteiger partial charge in [0.05, 0.1) is 16.2 Å². The Morgan fingerprint density at radius 1 is 1.33 bits per heavy atom. The van der Waals surface area contributed by atoms with Gasteiger partial charge in [0.2, 0.25) is 0 Å². The van der Waals surface area contributed by atoms with Crippen LogP contribution >= 0.6 is 15.9 Å². The van der Waals surface area contributed by atoms with E-state index in [1.165, 1.54) is 12.1 Å². The first kappa shape index (κ1) is 16.1. The van der Waals surface area contributed by atoms with Gasteiger partial charge in [-0.1, -0.05) is 13.8 Å². The molecule has 0 radical (unpaired) electrons. The monoisotopic (exact) mass is 357 g/mol. The summed E-state index contributed by atoms with van der Waals surface area (Å²) in [6.45, 7) is 4.47. The van der Waals surface area contributed by atoms with Crippen LogP contribution in [-0.4, -0.2) is 16.3 Å². The van der Waals surface area contributed by atoms with E-state index in [-0.39, 0.29) is 10.0 Å². The van der Waals surface area contributed by atoms with Crippen LogP contribution in [0.2, 0.25) is 0 Å². The van der Waals surface area contributed by atoms with Crippen molar-refractivity contribution >= 4 is 15.9 Å². The summed E-state index contributed by atoms with van der Waals surface area (Å²) in [6.07, 6.45) is 2.52. The zero-order chi connectivity index (χ0) is 15.6. The van der Waals surface area contributed by atoms with Gasteiger partial charge in [-0.15, -0.1) is 0 Å². The second kappa shape index (κ2) is 6.66. The first-order chi connectivity index (χ1) is 9.99. The summed E-state index contributed by atoms with van der Waals surface area (Å²) in [6, 6.07) is 2.09. The Kier molecular flexibility index (Phi) is 5.11. The highest BCUT2D eigenvalue weighted by molar-refractivity contribution is 9.10. The van der Waals surface area contributed by atoms with E-state index in [1.807, 2.05) is 20.0 Å². The summed E-state index contributed by atoms with van der Waals surface area (Å²) in [4.78, 5) is 0. The Morgan fingerprint density at radius 3 is 2.67 bits per heavy atom. The average molecular weight is 358 g/mol. The minimum atomic E-state index is -0.577. The van der Waals surface area contributed by atoms with Crippen LogP contribution in [0.5, 0.6) is 0 Å². The van der Waals surface area contributed by atoms with Gasteiger partial charge in [0.1, 0.15) is 11.6 Å². The Balaban J connectivity index is 2.61. The Bertz CT molecular complexity index is 640. The number of nitrogens with one attached hydrogen (secondary N) is 1. The summed E-state index contributed by atoms with van der Waals surface area (Å²) >= 11 is 3.12. The van der Waals surface area contributed by atoms with Crippen molar-refractivity contribution in [2.75, 3.05) is 6.54 Å². The van der Waals surface area contributed by atoms with Crippen LogP contribution in [-0.2, 0) is 13.5 Å². The SMILES string of the molecule is CCNC(c1cn(C)nc1CC)c1c(F)ccc(Br)c1F. The summed E-state index contributed by atoms with van der Waals surface area (Å²) in [7, 11) is 1.80. The maximum atomic E-state index is 14.4. The molecule has 0 aliphatic carbocycles. The van der Waals surface area contributed by atoms with E-state index in [0.717, 1.165) is 11.3 Å². The molecule has 2 aromatic rings. The third-order valence-corrected chi connectivity index (χ3v) is 3.97. The van der Waals surface area contributed by atoms with E-state index in [4.69, 9.17) is 0 Å². The highest BCUT2D eigenvalue weighted by Crippen LogP contribution is 2.32. The van der Waals surface area contributed by atoms with E-state index in [1.54, 1.807) is 11.7 Å². The van der Waals surface area contributed by atoms with Gasteiger partial charge in [-0.3, -0.25) is 4.68 Å². The van der Waals surface area contributed by atoms with Crippen LogP contribution in [0, 0.1) is 11.6 Å². The van der Waals surface area contributed by atoms with Crippen LogP contribution in [0.25, 0.3) is 0 Å². The van der Waals surface area contributed by atoms with Gasteiger partial charge in [0.25, 0.3) is 0 Å². The molecule has 0 spiro atoms. The van der Waals surface area contributed by atoms with Gasteiger partial charge < -0.3 is 5.32 Å². The quantitative estimate of drug-likeness (QED) is 0.826. The highest BCUT2D eigenvalue weighted by Gasteiger charge is 2.26. The minimum Gasteiger partial charge on any atom is -0.306 e. The molecule has 3 nitrogen and oxygen atoms in total. The molecule has 1 heterocycles. The fourth-order valence-corrected chi connectivity index (χ4v) is 2.79. The molecule has 0 aliphatic heterocycles. The summed E-state index contributed by atoms with van der Waals surface area (Å²) in [5.74, 6) is -1.14. The predicted molar refractivity (Wildman–Crippen MR) is 82.2 cm³/mol. The van der Waals surface area contributed by atoms with Gasteiger partial charge >= 0.3 is 0 Å². The average Bonchev–Trinajstić information content (AvgIpc) is 2.83. The molecule has 21 heavy (non-hydrogen) atoms. The molecule has 0 saturated heterocycles. The van der Waals surface area contributed by atoms with Crippen molar-refractivity contribution in [3.63, 3.8) is 0 Å². The Hall–Kier alpha value is -1.27. The molecule has 1 aromatic carbocycles. The maximum absolute atomic E-state index is 14.4. The molecule has 1 atom stereocenters. The van der Waals surface area contributed by atoms with Gasteiger partial charge in [-0.25, -0.2) is 8.78 Å². The van der Waals surface area contributed by atoms with E-state index in [2.05, 4.69) is 26.3 Å². The first-order valence-corrected chi connectivity index (χ1v) is 7.68. The summed E-state index contributed by atoms with van der Waals surface area (Å²) < 4.78 is 30.5. The topological polar surface area (TPSA) is 29.9 Å². The molecule has 1 N–H and O–H groups in total. The molecule has 1 unspecified atom stereocenters. The first-order valence-electron chi connectivity index (χ1n) is 6.88. The smallest absolute Gasteiger partial charge is 0.145 e. The lowest BCUT2D eigenvalue weighted by Gasteiger charge is -2.20. The molecular formula is C15H18BrF2N3. The molecule has 0 fully saturated rings. The van der Waals surface area contributed by atoms with E-state index >= 15 is 0 Å². The fraction of sp³-hybridized carbons (Fsp3) is 0.400. The zero-order valence-electron chi connectivity index (χ0n) is 12.3. The van der Waals surface area contributed by atoms with Crippen LogP contribution in [0.1, 0.15) is 36.7 Å². The van der Waals surface area contributed by atoms with Crippen LogP contribution in [0.4, 0.5) is 8.78 Å². The van der Waals surface area contributed by atoms with Gasteiger partial charge in [0, 0.05) is 24.4 Å². The molecule has 1 aromatic heterocycles. The maximum Gasteiger partial charge on any atom is 0.145 e. The Morgan fingerprint density at radius 2 is 2.05 bits per heavy atom. The van der Waals surface area contributed by atoms with Crippen molar-refractivity contribution in [3.05, 3.63) is 51.3 Å². The lowest BCUT2D eigenvalue weighted by Crippen LogP contribution is -2.25. The molecule has 114 valence electrons. The number of aryl methyl sites for hydroxylation is 2. The van der Waals surface area contributed by atoms with Crippen molar-refractivity contribution in [1.29, 1.82) is 0 Å². The standard InChI is InChI=1S/C15H18BrF2N3/c1-4-12-9(8-21(3)20-12)15(19-5-2)13-11(17)7-6-10(16)14(13)18/h6-8,15,19H,4-5H2,1-3H3. The fourth-order valence-electron chi connectivity index (χ4n) is 2.45. The van der Waals surface area contributed by atoms with Crippen molar-refractivity contribution in [2.45, 2.75) is 26.3 Å². The molecule has 0 amide bonds. The van der Waals surface area contributed by atoms with Gasteiger partial charge in [-0.2, -0.15) is 5.10 Å². The zero-order valence-corrected chi connectivity index (χ0v) is 13.8. The molecule has 0 aliphatic rings. The van der Waals surface area contributed by atoms with E-state index in [9.17, 15) is 8.78 Å². The van der Waals surface area contributed by atoms with Crippen LogP contribution in [0.15, 0.2) is 22.8 Å². The lowest BCUT2D eigenvalue weighted by atomic mass is 9.97. The number of halogens is 3. The summed E-state index contributed by atoms with van der Waals surface area (Å²) in [5.41, 5.74) is 1.66. The second-order valence-electron chi connectivity index (χ2n) is 4.81. The molecule has 2 rings (SSSR count). The second-order valence-corrected chi connectivity index (χ2v) is 5.66. The van der Waals surface area contributed by atoms with Crippen molar-refractivity contribution in [2.24, 2.45) is 7.05 Å². The number of rotatable bonds is 5. The largest absolute Gasteiger partial charge is 0.306 e. The number of nitrogens with zero attached hydrogens (tertiary/aromatic N) is 2. The van der Waals surface area contributed by atoms with Gasteiger partial charge in [-0.05, 0) is 41.0 Å². The van der Waals surface area contributed by atoms with Crippen LogP contribution < -0.4 is 5.32 Å². The third-order valence-electron chi connectivity index (χ3n) is 3.36. The van der Waals surface area contributed by atoms with Crippen molar-refractivity contribution in [1.82, 2.24) is 15.1 Å². The van der Waals surface area contributed by atoms with Crippen LogP contribution in [0.3, 0.4) is 0 Å². The number of aromatic nitrogens is 2. The summed E-state index contributed by atoms with van der Waals surface area (Å²) in [5, 5.41) is 7.52. The lowest BCUT2D eigenvalue weighted by molar-refractivity contribution is 0.506. The van der Waals surface area contributed by atoms with Crippen molar-refractivity contribution in [3.8, 4) is 0 Å². The molecular weight excluding hydrogens is 340 g/mol. The number of hydrogen-bond donors (Lipinski definition) is 1. The molecule has 0 saturated carbocycles. The van der Waals surface area contributed by atoms with E-state index in [0.29, 0.717) is 13.0 Å². The number of benzene rings is 1. The molecule has 6 heteroatoms. The minimum absolute atomic E-state index is 0.0222.